The van der Waals surface area contributed by atoms with E-state index >= 15 is 0 Å². The van der Waals surface area contributed by atoms with Crippen molar-refractivity contribution in [1.82, 2.24) is 5.32 Å². The average Bonchev–Trinajstić information content (AvgIpc) is 3.14. The van der Waals surface area contributed by atoms with E-state index in [-0.39, 0.29) is 0 Å². The van der Waals surface area contributed by atoms with Gasteiger partial charge in [0.15, 0.2) is 0 Å². The number of nitrogens with one attached hydrogen (secondary N) is 1. The third kappa shape index (κ3) is 2.15. The van der Waals surface area contributed by atoms with Gasteiger partial charge in [-0.1, -0.05) is 29.8 Å². The molecule has 1 saturated heterocycles. The van der Waals surface area contributed by atoms with Gasteiger partial charge in [0.2, 0.25) is 0 Å². The SMILES string of the molecule is Cc1ccc([C@@H]2C[C@H](C3CC3)CCN2)cc1. The molecule has 0 spiro atoms. The van der Waals surface area contributed by atoms with Gasteiger partial charge in [-0.05, 0) is 56.6 Å². The maximum atomic E-state index is 3.67. The third-order valence-electron chi connectivity index (χ3n) is 4.21. The van der Waals surface area contributed by atoms with Crippen LogP contribution in [0.3, 0.4) is 0 Å². The van der Waals surface area contributed by atoms with Gasteiger partial charge in [-0.2, -0.15) is 0 Å². The van der Waals surface area contributed by atoms with Crippen LogP contribution in [-0.4, -0.2) is 6.54 Å². The third-order valence-corrected chi connectivity index (χ3v) is 4.21. The number of aryl methyl sites for hydroxylation is 1. The van der Waals surface area contributed by atoms with E-state index < -0.39 is 0 Å². The zero-order chi connectivity index (χ0) is 11.0. The number of piperidine rings is 1. The van der Waals surface area contributed by atoms with Crippen LogP contribution in [0.15, 0.2) is 24.3 Å². The lowest BCUT2D eigenvalue weighted by Crippen LogP contribution is -2.32. The van der Waals surface area contributed by atoms with E-state index in [2.05, 4.69) is 36.5 Å². The van der Waals surface area contributed by atoms with E-state index in [1.807, 2.05) is 0 Å². The fourth-order valence-electron chi connectivity index (χ4n) is 3.00. The first-order valence-corrected chi connectivity index (χ1v) is 6.63. The molecule has 2 fully saturated rings. The molecule has 3 rings (SSSR count). The maximum absolute atomic E-state index is 3.67. The van der Waals surface area contributed by atoms with Crippen molar-refractivity contribution in [3.05, 3.63) is 35.4 Å². The Hall–Kier alpha value is -0.820. The molecule has 1 heteroatoms. The Morgan fingerprint density at radius 1 is 1.00 bits per heavy atom. The van der Waals surface area contributed by atoms with E-state index in [1.54, 1.807) is 0 Å². The highest BCUT2D eigenvalue weighted by Crippen LogP contribution is 2.44. The Kier molecular flexibility index (Phi) is 2.72. The minimum atomic E-state index is 0.611. The first kappa shape index (κ1) is 10.3. The number of hydrogen-bond acceptors (Lipinski definition) is 1. The molecule has 2 aliphatic rings. The van der Waals surface area contributed by atoms with E-state index in [1.165, 1.54) is 43.4 Å². The predicted octanol–water partition coefficient (Wildman–Crippen LogP) is 3.45. The molecule has 1 N–H and O–H groups in total. The zero-order valence-electron chi connectivity index (χ0n) is 10.1. The molecule has 2 atom stereocenters. The van der Waals surface area contributed by atoms with Crippen molar-refractivity contribution in [3.63, 3.8) is 0 Å². The van der Waals surface area contributed by atoms with Crippen molar-refractivity contribution in [2.45, 2.75) is 38.6 Å². The van der Waals surface area contributed by atoms with Gasteiger partial charge in [0.05, 0.1) is 0 Å². The molecule has 1 aromatic rings. The Bertz CT molecular complexity index is 350. The lowest BCUT2D eigenvalue weighted by Gasteiger charge is -2.30. The van der Waals surface area contributed by atoms with Crippen LogP contribution in [0.1, 0.15) is 42.9 Å². The molecule has 0 unspecified atom stereocenters. The van der Waals surface area contributed by atoms with Crippen LogP contribution in [0.2, 0.25) is 0 Å². The van der Waals surface area contributed by atoms with E-state index in [0.717, 1.165) is 11.8 Å². The van der Waals surface area contributed by atoms with E-state index in [0.29, 0.717) is 6.04 Å². The van der Waals surface area contributed by atoms with Crippen LogP contribution >= 0.6 is 0 Å². The fraction of sp³-hybridized carbons (Fsp3) is 0.600. The van der Waals surface area contributed by atoms with Gasteiger partial charge in [-0.15, -0.1) is 0 Å². The average molecular weight is 215 g/mol. The Morgan fingerprint density at radius 3 is 2.44 bits per heavy atom. The van der Waals surface area contributed by atoms with Crippen molar-refractivity contribution in [2.75, 3.05) is 6.54 Å². The summed E-state index contributed by atoms with van der Waals surface area (Å²) in [7, 11) is 0. The van der Waals surface area contributed by atoms with Crippen LogP contribution in [0.5, 0.6) is 0 Å². The molecule has 1 aliphatic carbocycles. The number of benzene rings is 1. The second-order valence-corrected chi connectivity index (χ2v) is 5.54. The van der Waals surface area contributed by atoms with Crippen molar-refractivity contribution in [3.8, 4) is 0 Å². The van der Waals surface area contributed by atoms with Crippen LogP contribution in [0.4, 0.5) is 0 Å². The summed E-state index contributed by atoms with van der Waals surface area (Å²) in [5, 5.41) is 3.67. The molecular weight excluding hydrogens is 194 g/mol. The summed E-state index contributed by atoms with van der Waals surface area (Å²) in [4.78, 5) is 0. The minimum absolute atomic E-state index is 0.611. The van der Waals surface area contributed by atoms with E-state index in [9.17, 15) is 0 Å². The van der Waals surface area contributed by atoms with Gasteiger partial charge >= 0.3 is 0 Å². The molecule has 0 aromatic heterocycles. The summed E-state index contributed by atoms with van der Waals surface area (Å²) < 4.78 is 0. The normalized spacial score (nSPS) is 30.3. The molecule has 86 valence electrons. The summed E-state index contributed by atoms with van der Waals surface area (Å²) in [6.07, 6.45) is 5.73. The molecule has 0 bridgehead atoms. The monoisotopic (exact) mass is 215 g/mol. The van der Waals surface area contributed by atoms with Gasteiger partial charge in [-0.3, -0.25) is 0 Å². The molecule has 1 heterocycles. The number of hydrogen-bond donors (Lipinski definition) is 1. The van der Waals surface area contributed by atoms with E-state index in [4.69, 9.17) is 0 Å². The molecule has 16 heavy (non-hydrogen) atoms. The molecule has 1 nitrogen and oxygen atoms in total. The van der Waals surface area contributed by atoms with Crippen molar-refractivity contribution >= 4 is 0 Å². The topological polar surface area (TPSA) is 12.0 Å². The van der Waals surface area contributed by atoms with Gasteiger partial charge in [0, 0.05) is 6.04 Å². The lowest BCUT2D eigenvalue weighted by molar-refractivity contribution is 0.278. The second-order valence-electron chi connectivity index (χ2n) is 5.54. The minimum Gasteiger partial charge on any atom is -0.310 e. The Labute approximate surface area is 98.3 Å². The van der Waals surface area contributed by atoms with Gasteiger partial charge in [0.1, 0.15) is 0 Å². The molecule has 0 radical (unpaired) electrons. The number of rotatable bonds is 2. The van der Waals surface area contributed by atoms with Crippen molar-refractivity contribution in [1.29, 1.82) is 0 Å². The highest BCUT2D eigenvalue weighted by Gasteiger charge is 2.34. The highest BCUT2D eigenvalue weighted by atomic mass is 14.9. The summed E-state index contributed by atoms with van der Waals surface area (Å²) in [5.41, 5.74) is 2.84. The quantitative estimate of drug-likeness (QED) is 0.797. The smallest absolute Gasteiger partial charge is 0.0322 e. The van der Waals surface area contributed by atoms with Crippen LogP contribution in [-0.2, 0) is 0 Å². The lowest BCUT2D eigenvalue weighted by atomic mass is 9.85. The molecule has 1 aliphatic heterocycles. The predicted molar refractivity (Wildman–Crippen MR) is 67.4 cm³/mol. The molecular formula is C15H21N. The van der Waals surface area contributed by atoms with Crippen LogP contribution < -0.4 is 5.32 Å². The van der Waals surface area contributed by atoms with Crippen LogP contribution in [0.25, 0.3) is 0 Å². The molecule has 1 aromatic carbocycles. The summed E-state index contributed by atoms with van der Waals surface area (Å²) in [6, 6.07) is 9.67. The van der Waals surface area contributed by atoms with Gasteiger partial charge in [0.25, 0.3) is 0 Å². The van der Waals surface area contributed by atoms with Crippen molar-refractivity contribution < 1.29 is 0 Å². The maximum Gasteiger partial charge on any atom is 0.0322 e. The first-order valence-electron chi connectivity index (χ1n) is 6.63. The second kappa shape index (κ2) is 4.21. The zero-order valence-corrected chi connectivity index (χ0v) is 10.1. The standard InChI is InChI=1S/C15H21N/c1-11-2-4-13(5-3-11)15-10-14(8-9-16-15)12-6-7-12/h2-5,12,14-16H,6-10H2,1H3/t14-,15+/m1/s1. The summed E-state index contributed by atoms with van der Waals surface area (Å²) >= 11 is 0. The Morgan fingerprint density at radius 2 is 1.75 bits per heavy atom. The van der Waals surface area contributed by atoms with Gasteiger partial charge in [-0.25, -0.2) is 0 Å². The molecule has 0 amide bonds. The highest BCUT2D eigenvalue weighted by molar-refractivity contribution is 5.24. The fourth-order valence-corrected chi connectivity index (χ4v) is 3.00. The summed E-state index contributed by atoms with van der Waals surface area (Å²) in [5.74, 6) is 2.06. The first-order chi connectivity index (χ1) is 7.83. The van der Waals surface area contributed by atoms with Crippen molar-refractivity contribution in [2.24, 2.45) is 11.8 Å². The van der Waals surface area contributed by atoms with Crippen LogP contribution in [0, 0.1) is 18.8 Å². The molecule has 1 saturated carbocycles. The summed E-state index contributed by atoms with van der Waals surface area (Å²) in [6.45, 7) is 3.37. The van der Waals surface area contributed by atoms with Gasteiger partial charge < -0.3 is 5.32 Å². The largest absolute Gasteiger partial charge is 0.310 e. The Balaban J connectivity index is 1.71.